The smallest absolute Gasteiger partial charge is 0.358 e. The van der Waals surface area contributed by atoms with E-state index in [0.717, 1.165) is 6.33 Å². The van der Waals surface area contributed by atoms with Crippen molar-refractivity contribution in [2.24, 2.45) is 7.05 Å². The lowest BCUT2D eigenvalue weighted by atomic mass is 10.3. The van der Waals surface area contributed by atoms with Crippen molar-refractivity contribution < 1.29 is 9.90 Å². The van der Waals surface area contributed by atoms with Crippen molar-refractivity contribution in [2.75, 3.05) is 0 Å². The molecule has 0 spiro atoms. The molecule has 0 saturated heterocycles. The van der Waals surface area contributed by atoms with E-state index in [0.29, 0.717) is 0 Å². The predicted octanol–water partition coefficient (Wildman–Crippen LogP) is -0.645. The van der Waals surface area contributed by atoms with Gasteiger partial charge in [-0.25, -0.2) is 9.78 Å². The Labute approximate surface area is 77.0 Å². The van der Waals surface area contributed by atoms with Crippen molar-refractivity contribution in [3.05, 3.63) is 22.4 Å². The van der Waals surface area contributed by atoms with Crippen LogP contribution in [0.5, 0.6) is 0 Å². The minimum absolute atomic E-state index is 0.101. The van der Waals surface area contributed by atoms with Gasteiger partial charge < -0.3 is 10.1 Å². The van der Waals surface area contributed by atoms with Crippen LogP contribution < -0.4 is 5.56 Å². The van der Waals surface area contributed by atoms with Crippen LogP contribution in [0.3, 0.4) is 0 Å². The van der Waals surface area contributed by atoms with Crippen LogP contribution in [0.2, 0.25) is 0 Å². The summed E-state index contributed by atoms with van der Waals surface area (Å²) < 4.78 is 1.20. The number of rotatable bonds is 1. The molecule has 2 N–H and O–H groups in total. The number of carbonyl (C=O) groups is 1. The van der Waals surface area contributed by atoms with Gasteiger partial charge in [0.05, 0.1) is 6.33 Å². The van der Waals surface area contributed by atoms with E-state index >= 15 is 0 Å². The van der Waals surface area contributed by atoms with Crippen LogP contribution in [-0.2, 0) is 7.05 Å². The lowest BCUT2D eigenvalue weighted by molar-refractivity contribution is 0.0691. The minimum atomic E-state index is -1.20. The first kappa shape index (κ1) is 8.42. The zero-order valence-electron chi connectivity index (χ0n) is 7.18. The maximum atomic E-state index is 11.3. The van der Waals surface area contributed by atoms with Gasteiger partial charge in [0.2, 0.25) is 0 Å². The number of aryl methyl sites for hydroxylation is 1. The zero-order valence-corrected chi connectivity index (χ0v) is 7.18. The van der Waals surface area contributed by atoms with Crippen molar-refractivity contribution in [3.8, 4) is 0 Å². The van der Waals surface area contributed by atoms with Crippen molar-refractivity contribution in [2.45, 2.75) is 0 Å². The number of hydrogen-bond acceptors (Lipinski definition) is 4. The monoisotopic (exact) mass is 194 g/mol. The molecule has 0 fully saturated rings. The minimum Gasteiger partial charge on any atom is -0.476 e. The topological polar surface area (TPSA) is 101 Å². The average Bonchev–Trinajstić information content (AvgIpc) is 2.45. The van der Waals surface area contributed by atoms with Crippen LogP contribution in [-0.4, -0.2) is 30.8 Å². The molecule has 14 heavy (non-hydrogen) atoms. The molecule has 7 heteroatoms. The third-order valence-corrected chi connectivity index (χ3v) is 1.83. The molecule has 0 atom stereocenters. The molecule has 7 nitrogen and oxygen atoms in total. The second kappa shape index (κ2) is 2.66. The second-order valence-electron chi connectivity index (χ2n) is 2.71. The van der Waals surface area contributed by atoms with Crippen LogP contribution >= 0.6 is 0 Å². The van der Waals surface area contributed by atoms with Crippen LogP contribution in [0.25, 0.3) is 11.0 Å². The summed E-state index contributed by atoms with van der Waals surface area (Å²) in [4.78, 5) is 28.1. The third kappa shape index (κ3) is 0.987. The Morgan fingerprint density at radius 1 is 1.64 bits per heavy atom. The number of aromatic nitrogens is 4. The molecule has 0 radical (unpaired) electrons. The van der Waals surface area contributed by atoms with E-state index in [2.05, 4.69) is 15.1 Å². The van der Waals surface area contributed by atoms with E-state index < -0.39 is 11.5 Å². The number of aromatic amines is 1. The molecule has 2 rings (SSSR count). The zero-order chi connectivity index (χ0) is 10.3. The number of carboxylic acid groups (broad SMARTS) is 1. The molecule has 0 saturated carbocycles. The fourth-order valence-corrected chi connectivity index (χ4v) is 1.26. The lowest BCUT2D eigenvalue weighted by Crippen LogP contribution is -2.09. The third-order valence-electron chi connectivity index (χ3n) is 1.83. The SMILES string of the molecule is Cn1nc(C(=O)O)c2nc[nH]c(=O)c21. The van der Waals surface area contributed by atoms with E-state index in [-0.39, 0.29) is 16.7 Å². The van der Waals surface area contributed by atoms with E-state index in [4.69, 9.17) is 5.11 Å². The van der Waals surface area contributed by atoms with Crippen LogP contribution in [0.4, 0.5) is 0 Å². The Bertz CT molecular complexity index is 568. The number of carboxylic acids is 1. The Morgan fingerprint density at radius 3 is 3.00 bits per heavy atom. The number of nitrogens with zero attached hydrogens (tertiary/aromatic N) is 3. The standard InChI is InChI=1S/C7H6N4O3/c1-11-5-3(4(10-11)7(13)14)8-2-9-6(5)12/h2H,1H3,(H,13,14)(H,8,9,12). The van der Waals surface area contributed by atoms with Gasteiger partial charge in [-0.2, -0.15) is 5.10 Å². The molecule has 0 aliphatic heterocycles. The first-order valence-electron chi connectivity index (χ1n) is 3.75. The first-order chi connectivity index (χ1) is 6.61. The molecular formula is C7H6N4O3. The molecule has 0 unspecified atom stereocenters. The second-order valence-corrected chi connectivity index (χ2v) is 2.71. The van der Waals surface area contributed by atoms with Crippen LogP contribution in [0.1, 0.15) is 10.5 Å². The molecule has 2 aromatic heterocycles. The summed E-state index contributed by atoms with van der Waals surface area (Å²) in [6.45, 7) is 0. The van der Waals surface area contributed by atoms with Gasteiger partial charge in [-0.05, 0) is 0 Å². The van der Waals surface area contributed by atoms with Gasteiger partial charge in [-0.15, -0.1) is 0 Å². The highest BCUT2D eigenvalue weighted by atomic mass is 16.4. The Kier molecular flexibility index (Phi) is 1.60. The summed E-state index contributed by atoms with van der Waals surface area (Å²) >= 11 is 0. The lowest BCUT2D eigenvalue weighted by Gasteiger charge is -1.89. The summed E-state index contributed by atoms with van der Waals surface area (Å²) in [6.07, 6.45) is 1.15. The summed E-state index contributed by atoms with van der Waals surface area (Å²) in [5.41, 5.74) is -0.361. The molecule has 2 heterocycles. The molecule has 0 aliphatic rings. The molecule has 0 amide bonds. The van der Waals surface area contributed by atoms with E-state index in [9.17, 15) is 9.59 Å². The van der Waals surface area contributed by atoms with Crippen LogP contribution in [0, 0.1) is 0 Å². The number of fused-ring (bicyclic) bond motifs is 1. The van der Waals surface area contributed by atoms with E-state index in [1.807, 2.05) is 0 Å². The molecule has 0 aliphatic carbocycles. The fraction of sp³-hybridized carbons (Fsp3) is 0.143. The largest absolute Gasteiger partial charge is 0.476 e. The Hall–Kier alpha value is -2.18. The molecular weight excluding hydrogens is 188 g/mol. The predicted molar refractivity (Wildman–Crippen MR) is 46.1 cm³/mol. The van der Waals surface area contributed by atoms with E-state index in [1.165, 1.54) is 11.7 Å². The van der Waals surface area contributed by atoms with Crippen LogP contribution in [0.15, 0.2) is 11.1 Å². The van der Waals surface area contributed by atoms with Crippen molar-refractivity contribution in [1.82, 2.24) is 19.7 Å². The normalized spacial score (nSPS) is 10.6. The molecule has 0 bridgehead atoms. The Morgan fingerprint density at radius 2 is 2.36 bits per heavy atom. The molecule has 2 aromatic rings. The number of H-pyrrole nitrogens is 1. The van der Waals surface area contributed by atoms with Crippen molar-refractivity contribution in [1.29, 1.82) is 0 Å². The van der Waals surface area contributed by atoms with Gasteiger partial charge in [0.15, 0.2) is 11.2 Å². The average molecular weight is 194 g/mol. The van der Waals surface area contributed by atoms with Gasteiger partial charge in [0.1, 0.15) is 5.52 Å². The maximum absolute atomic E-state index is 11.3. The van der Waals surface area contributed by atoms with Gasteiger partial charge in [0, 0.05) is 7.05 Å². The van der Waals surface area contributed by atoms with Gasteiger partial charge in [-0.3, -0.25) is 9.48 Å². The fourth-order valence-electron chi connectivity index (χ4n) is 1.26. The Balaban J connectivity index is 2.98. The molecule has 72 valence electrons. The highest BCUT2D eigenvalue weighted by molar-refractivity contribution is 5.98. The summed E-state index contributed by atoms with van der Waals surface area (Å²) in [5, 5.41) is 12.4. The van der Waals surface area contributed by atoms with Crippen molar-refractivity contribution in [3.63, 3.8) is 0 Å². The quantitative estimate of drug-likeness (QED) is 0.628. The number of hydrogen-bond donors (Lipinski definition) is 2. The molecule has 0 aromatic carbocycles. The first-order valence-corrected chi connectivity index (χ1v) is 3.75. The van der Waals surface area contributed by atoms with Gasteiger partial charge in [0.25, 0.3) is 5.56 Å². The summed E-state index contributed by atoms with van der Waals surface area (Å²) in [7, 11) is 1.49. The number of nitrogens with one attached hydrogen (secondary N) is 1. The highest BCUT2D eigenvalue weighted by Crippen LogP contribution is 2.09. The summed E-state index contributed by atoms with van der Waals surface area (Å²) in [5.74, 6) is -1.20. The van der Waals surface area contributed by atoms with Gasteiger partial charge >= 0.3 is 5.97 Å². The maximum Gasteiger partial charge on any atom is 0.358 e. The number of aromatic carboxylic acids is 1. The summed E-state index contributed by atoms with van der Waals surface area (Å²) in [6, 6.07) is 0. The van der Waals surface area contributed by atoms with Gasteiger partial charge in [-0.1, -0.05) is 0 Å². The van der Waals surface area contributed by atoms with Crippen molar-refractivity contribution >= 4 is 17.0 Å². The van der Waals surface area contributed by atoms with E-state index in [1.54, 1.807) is 0 Å². The highest BCUT2D eigenvalue weighted by Gasteiger charge is 2.17.